The molecule has 1 saturated heterocycles. The van der Waals surface area contributed by atoms with Crippen molar-refractivity contribution in [2.24, 2.45) is 0 Å². The molecule has 118 valence electrons. The van der Waals surface area contributed by atoms with E-state index in [0.717, 1.165) is 48.8 Å². The molecule has 0 spiro atoms. The van der Waals surface area contributed by atoms with E-state index in [9.17, 15) is 5.11 Å². The van der Waals surface area contributed by atoms with Gasteiger partial charge in [0.25, 0.3) is 0 Å². The lowest BCUT2D eigenvalue weighted by molar-refractivity contribution is 0.145. The highest BCUT2D eigenvalue weighted by Gasteiger charge is 2.22. The number of rotatable bonds is 3. The minimum Gasteiger partial charge on any atom is -0.393 e. The van der Waals surface area contributed by atoms with Gasteiger partial charge in [0.1, 0.15) is 0 Å². The fraction of sp³-hybridized carbons (Fsp3) is 0.562. The molecule has 0 aliphatic carbocycles. The van der Waals surface area contributed by atoms with E-state index >= 15 is 0 Å². The first-order valence-electron chi connectivity index (χ1n) is 7.78. The largest absolute Gasteiger partial charge is 0.393 e. The molecular formula is C16H22N4O2. The quantitative estimate of drug-likeness (QED) is 0.939. The lowest BCUT2D eigenvalue weighted by Gasteiger charge is -2.30. The third-order valence-corrected chi connectivity index (χ3v) is 3.99. The summed E-state index contributed by atoms with van der Waals surface area (Å²) in [6.07, 6.45) is 3.16. The molecule has 1 aliphatic heterocycles. The predicted molar refractivity (Wildman–Crippen MR) is 83.8 cm³/mol. The monoisotopic (exact) mass is 302 g/mol. The fourth-order valence-electron chi connectivity index (χ4n) is 2.72. The van der Waals surface area contributed by atoms with Gasteiger partial charge in [0.05, 0.1) is 23.1 Å². The summed E-state index contributed by atoms with van der Waals surface area (Å²) < 4.78 is 5.36. The molecule has 6 nitrogen and oxygen atoms in total. The van der Waals surface area contributed by atoms with Crippen molar-refractivity contribution >= 4 is 5.95 Å². The molecule has 0 atom stereocenters. The number of anilines is 1. The lowest BCUT2D eigenvalue weighted by atomic mass is 10.0. The van der Waals surface area contributed by atoms with E-state index in [1.165, 1.54) is 0 Å². The zero-order valence-electron chi connectivity index (χ0n) is 13.3. The van der Waals surface area contributed by atoms with Gasteiger partial charge in [0.2, 0.25) is 5.95 Å². The second-order valence-electron chi connectivity index (χ2n) is 6.17. The zero-order valence-corrected chi connectivity index (χ0v) is 13.3. The number of nitrogens with zero attached hydrogens (tertiary/aromatic N) is 4. The smallest absolute Gasteiger partial charge is 0.225 e. The highest BCUT2D eigenvalue weighted by molar-refractivity contribution is 5.61. The summed E-state index contributed by atoms with van der Waals surface area (Å²) in [4.78, 5) is 11.4. The summed E-state index contributed by atoms with van der Waals surface area (Å²) in [5.74, 6) is 1.70. The van der Waals surface area contributed by atoms with Crippen molar-refractivity contribution in [3.63, 3.8) is 0 Å². The maximum Gasteiger partial charge on any atom is 0.225 e. The molecule has 2 aromatic heterocycles. The second-order valence-corrected chi connectivity index (χ2v) is 6.17. The third-order valence-electron chi connectivity index (χ3n) is 3.99. The van der Waals surface area contributed by atoms with Crippen molar-refractivity contribution in [1.82, 2.24) is 15.1 Å². The van der Waals surface area contributed by atoms with Crippen molar-refractivity contribution in [3.05, 3.63) is 23.7 Å². The molecule has 2 aromatic rings. The molecule has 0 bridgehead atoms. The summed E-state index contributed by atoms with van der Waals surface area (Å²) >= 11 is 0. The summed E-state index contributed by atoms with van der Waals surface area (Å²) in [6, 6.07) is 1.90. The van der Waals surface area contributed by atoms with Crippen LogP contribution in [0.1, 0.15) is 44.0 Å². The van der Waals surface area contributed by atoms with E-state index in [1.54, 1.807) is 0 Å². The molecule has 3 rings (SSSR count). The van der Waals surface area contributed by atoms with Crippen LogP contribution in [0.4, 0.5) is 5.95 Å². The van der Waals surface area contributed by atoms with E-state index in [4.69, 9.17) is 9.51 Å². The van der Waals surface area contributed by atoms with Gasteiger partial charge in [-0.2, -0.15) is 0 Å². The Hall–Kier alpha value is -1.95. The van der Waals surface area contributed by atoms with Gasteiger partial charge in [-0.05, 0) is 25.7 Å². The van der Waals surface area contributed by atoms with Gasteiger partial charge in [-0.3, -0.25) is 0 Å². The molecular weight excluding hydrogens is 280 g/mol. The number of piperidine rings is 1. The van der Waals surface area contributed by atoms with Crippen LogP contribution in [-0.4, -0.2) is 39.4 Å². The van der Waals surface area contributed by atoms with Crippen LogP contribution in [0.3, 0.4) is 0 Å². The molecule has 0 saturated carbocycles. The van der Waals surface area contributed by atoms with Crippen LogP contribution >= 0.6 is 0 Å². The van der Waals surface area contributed by atoms with Gasteiger partial charge in [-0.25, -0.2) is 9.97 Å². The average molecular weight is 302 g/mol. The van der Waals surface area contributed by atoms with Gasteiger partial charge < -0.3 is 14.5 Å². The van der Waals surface area contributed by atoms with Gasteiger partial charge >= 0.3 is 0 Å². The summed E-state index contributed by atoms with van der Waals surface area (Å²) in [7, 11) is 0. The van der Waals surface area contributed by atoms with Crippen molar-refractivity contribution in [2.45, 2.75) is 45.6 Å². The van der Waals surface area contributed by atoms with Crippen molar-refractivity contribution in [3.8, 4) is 11.3 Å². The topological polar surface area (TPSA) is 75.3 Å². The van der Waals surface area contributed by atoms with Gasteiger partial charge in [-0.1, -0.05) is 19.0 Å². The van der Waals surface area contributed by atoms with E-state index in [-0.39, 0.29) is 12.0 Å². The Morgan fingerprint density at radius 2 is 2.05 bits per heavy atom. The van der Waals surface area contributed by atoms with Gasteiger partial charge in [0.15, 0.2) is 5.76 Å². The van der Waals surface area contributed by atoms with E-state index in [0.29, 0.717) is 5.76 Å². The maximum absolute atomic E-state index is 9.62. The number of hydrogen-bond donors (Lipinski definition) is 1. The summed E-state index contributed by atoms with van der Waals surface area (Å²) in [5.41, 5.74) is 2.71. The Labute approximate surface area is 130 Å². The number of aliphatic hydroxyl groups is 1. The Morgan fingerprint density at radius 1 is 1.32 bits per heavy atom. The number of aryl methyl sites for hydroxylation is 1. The summed E-state index contributed by atoms with van der Waals surface area (Å²) in [6.45, 7) is 7.70. The zero-order chi connectivity index (χ0) is 15.7. The summed E-state index contributed by atoms with van der Waals surface area (Å²) in [5, 5.41) is 13.6. The number of aliphatic hydroxyl groups excluding tert-OH is 1. The molecule has 0 aromatic carbocycles. The Balaban J connectivity index is 1.93. The fourth-order valence-corrected chi connectivity index (χ4v) is 2.72. The van der Waals surface area contributed by atoms with Crippen LogP contribution in [0.25, 0.3) is 11.3 Å². The van der Waals surface area contributed by atoms with Crippen LogP contribution in [-0.2, 0) is 0 Å². The first-order valence-corrected chi connectivity index (χ1v) is 7.78. The molecule has 3 heterocycles. The first kappa shape index (κ1) is 15.0. The predicted octanol–water partition coefficient (Wildman–Crippen LogP) is 2.52. The van der Waals surface area contributed by atoms with Crippen LogP contribution in [0.15, 0.2) is 16.8 Å². The molecule has 0 unspecified atom stereocenters. The third kappa shape index (κ3) is 2.97. The van der Waals surface area contributed by atoms with Crippen molar-refractivity contribution in [2.75, 3.05) is 18.0 Å². The molecule has 1 fully saturated rings. The Bertz CT molecular complexity index is 645. The van der Waals surface area contributed by atoms with Crippen LogP contribution in [0, 0.1) is 6.92 Å². The van der Waals surface area contributed by atoms with Crippen molar-refractivity contribution in [1.29, 1.82) is 0 Å². The van der Waals surface area contributed by atoms with Gasteiger partial charge in [-0.15, -0.1) is 0 Å². The normalized spacial score (nSPS) is 16.5. The minimum atomic E-state index is -0.197. The number of aromatic nitrogens is 3. The highest BCUT2D eigenvalue weighted by Crippen LogP contribution is 2.29. The molecule has 22 heavy (non-hydrogen) atoms. The second kappa shape index (κ2) is 6.04. The Morgan fingerprint density at radius 3 is 2.64 bits per heavy atom. The standard InChI is InChI=1S/C16H22N4O2/c1-10(2)15-13(14-8-11(3)19-22-14)9-17-16(18-15)20-6-4-12(21)5-7-20/h8-10,12,21H,4-7H2,1-3H3. The molecule has 6 heteroatoms. The van der Waals surface area contributed by atoms with Crippen LogP contribution in [0.5, 0.6) is 0 Å². The van der Waals surface area contributed by atoms with E-state index in [1.807, 2.05) is 19.2 Å². The molecule has 0 radical (unpaired) electrons. The SMILES string of the molecule is Cc1cc(-c2cnc(N3CCC(O)CC3)nc2C(C)C)on1. The van der Waals surface area contributed by atoms with E-state index in [2.05, 4.69) is 28.9 Å². The molecule has 0 amide bonds. The maximum atomic E-state index is 9.62. The first-order chi connectivity index (χ1) is 10.5. The average Bonchev–Trinajstić information content (AvgIpc) is 2.94. The van der Waals surface area contributed by atoms with Gasteiger partial charge in [0, 0.05) is 25.4 Å². The lowest BCUT2D eigenvalue weighted by Crippen LogP contribution is -2.37. The molecule has 1 aliphatic rings. The Kier molecular flexibility index (Phi) is 4.11. The highest BCUT2D eigenvalue weighted by atomic mass is 16.5. The van der Waals surface area contributed by atoms with Crippen molar-refractivity contribution < 1.29 is 9.63 Å². The van der Waals surface area contributed by atoms with Crippen LogP contribution < -0.4 is 4.90 Å². The minimum absolute atomic E-state index is 0.197. The van der Waals surface area contributed by atoms with Crippen LogP contribution in [0.2, 0.25) is 0 Å². The van der Waals surface area contributed by atoms with E-state index < -0.39 is 0 Å². The number of hydrogen-bond acceptors (Lipinski definition) is 6. The molecule has 1 N–H and O–H groups in total.